The van der Waals surface area contributed by atoms with Crippen LogP contribution in [0.25, 0.3) is 0 Å². The third kappa shape index (κ3) is 3.59. The maximum Gasteiger partial charge on any atom is 0.241 e. The number of aliphatic hydroxyl groups is 1. The molecular weight excluding hydrogens is 346 g/mol. The Morgan fingerprint density at radius 3 is 2.75 bits per heavy atom. The van der Waals surface area contributed by atoms with Gasteiger partial charge in [-0.2, -0.15) is 0 Å². The molecule has 2 N–H and O–H groups in total. The highest BCUT2D eigenvalue weighted by atomic mass is 79.9. The average molecular weight is 364 g/mol. The van der Waals surface area contributed by atoms with Crippen LogP contribution in [0.4, 0.5) is 0 Å². The van der Waals surface area contributed by atoms with E-state index in [0.717, 1.165) is 0 Å². The van der Waals surface area contributed by atoms with Crippen molar-refractivity contribution in [1.29, 1.82) is 0 Å². The molecule has 1 aromatic rings. The second-order valence-electron chi connectivity index (χ2n) is 4.79. The van der Waals surface area contributed by atoms with E-state index in [0.29, 0.717) is 29.5 Å². The summed E-state index contributed by atoms with van der Waals surface area (Å²) in [5.74, 6) is 0. The Morgan fingerprint density at radius 1 is 1.45 bits per heavy atom. The molecule has 0 amide bonds. The fourth-order valence-corrected chi connectivity index (χ4v) is 4.44. The van der Waals surface area contributed by atoms with Crippen LogP contribution in [0.15, 0.2) is 27.6 Å². The minimum atomic E-state index is -3.59. The highest BCUT2D eigenvalue weighted by Gasteiger charge is 2.33. The third-order valence-corrected chi connectivity index (χ3v) is 5.80. The predicted octanol–water partition coefficient (Wildman–Crippen LogP) is 1.79. The van der Waals surface area contributed by atoms with Crippen LogP contribution in [0.5, 0.6) is 0 Å². The van der Waals surface area contributed by atoms with E-state index in [-0.39, 0.29) is 23.6 Å². The Hall–Kier alpha value is -0.470. The molecular formula is C13H18BrNO4S. The van der Waals surface area contributed by atoms with E-state index >= 15 is 0 Å². The van der Waals surface area contributed by atoms with Gasteiger partial charge in [-0.15, -0.1) is 0 Å². The van der Waals surface area contributed by atoms with Crippen molar-refractivity contribution in [3.8, 4) is 0 Å². The molecule has 7 heteroatoms. The van der Waals surface area contributed by atoms with E-state index in [9.17, 15) is 8.42 Å². The lowest BCUT2D eigenvalue weighted by Crippen LogP contribution is -2.47. The molecule has 1 aromatic carbocycles. The average Bonchev–Trinajstić information content (AvgIpc) is 2.36. The molecule has 0 saturated heterocycles. The van der Waals surface area contributed by atoms with E-state index < -0.39 is 10.0 Å². The summed E-state index contributed by atoms with van der Waals surface area (Å²) in [6, 6.07) is 4.70. The SMILES string of the molecule is CCOC1CC(NS(=O)(=O)c2cc(CO)ccc2Br)C1. The number of nitrogens with one attached hydrogen (secondary N) is 1. The molecule has 0 bridgehead atoms. The summed E-state index contributed by atoms with van der Waals surface area (Å²) in [5.41, 5.74) is 0.564. The molecule has 0 aliphatic heterocycles. The molecule has 1 saturated carbocycles. The van der Waals surface area contributed by atoms with Gasteiger partial charge in [0.15, 0.2) is 0 Å². The highest BCUT2D eigenvalue weighted by molar-refractivity contribution is 9.10. The minimum absolute atomic E-state index is 0.0822. The van der Waals surface area contributed by atoms with Gasteiger partial charge in [0.25, 0.3) is 0 Å². The topological polar surface area (TPSA) is 75.6 Å². The molecule has 20 heavy (non-hydrogen) atoms. The number of hydrogen-bond donors (Lipinski definition) is 2. The summed E-state index contributed by atoms with van der Waals surface area (Å²) < 4.78 is 33.2. The van der Waals surface area contributed by atoms with Crippen LogP contribution < -0.4 is 4.72 Å². The molecule has 0 radical (unpaired) electrons. The second kappa shape index (κ2) is 6.53. The van der Waals surface area contributed by atoms with Crippen molar-refractivity contribution in [1.82, 2.24) is 4.72 Å². The van der Waals surface area contributed by atoms with Crippen LogP contribution in [-0.4, -0.2) is 32.3 Å². The number of benzene rings is 1. The largest absolute Gasteiger partial charge is 0.392 e. The van der Waals surface area contributed by atoms with Gasteiger partial charge in [0.1, 0.15) is 0 Å². The molecule has 0 atom stereocenters. The summed E-state index contributed by atoms with van der Waals surface area (Å²) in [7, 11) is -3.59. The van der Waals surface area contributed by atoms with Crippen molar-refractivity contribution < 1.29 is 18.3 Å². The first-order chi connectivity index (χ1) is 9.46. The number of hydrogen-bond acceptors (Lipinski definition) is 4. The first-order valence-corrected chi connectivity index (χ1v) is 8.77. The second-order valence-corrected chi connectivity index (χ2v) is 7.33. The van der Waals surface area contributed by atoms with Gasteiger partial charge in [-0.1, -0.05) is 6.07 Å². The third-order valence-electron chi connectivity index (χ3n) is 3.29. The lowest BCUT2D eigenvalue weighted by Gasteiger charge is -2.35. The first-order valence-electron chi connectivity index (χ1n) is 6.49. The van der Waals surface area contributed by atoms with Gasteiger partial charge >= 0.3 is 0 Å². The van der Waals surface area contributed by atoms with E-state index in [4.69, 9.17) is 9.84 Å². The molecule has 1 aliphatic carbocycles. The maximum atomic E-state index is 12.3. The summed E-state index contributed by atoms with van der Waals surface area (Å²) in [6.07, 6.45) is 1.55. The zero-order valence-electron chi connectivity index (χ0n) is 11.2. The van der Waals surface area contributed by atoms with Crippen LogP contribution in [0, 0.1) is 0 Å². The zero-order chi connectivity index (χ0) is 14.8. The molecule has 0 spiro atoms. The van der Waals surface area contributed by atoms with Crippen LogP contribution in [0.1, 0.15) is 25.3 Å². The zero-order valence-corrected chi connectivity index (χ0v) is 13.6. The number of sulfonamides is 1. The number of aliphatic hydroxyl groups excluding tert-OH is 1. The molecule has 5 nitrogen and oxygen atoms in total. The molecule has 0 unspecified atom stereocenters. The molecule has 0 heterocycles. The fourth-order valence-electron chi connectivity index (χ4n) is 2.17. The lowest BCUT2D eigenvalue weighted by molar-refractivity contribution is -0.00476. The van der Waals surface area contributed by atoms with Gasteiger partial charge in [-0.05, 0) is 53.4 Å². The smallest absolute Gasteiger partial charge is 0.241 e. The van der Waals surface area contributed by atoms with Gasteiger partial charge in [-0.25, -0.2) is 13.1 Å². The summed E-state index contributed by atoms with van der Waals surface area (Å²) in [5, 5.41) is 9.10. The predicted molar refractivity (Wildman–Crippen MR) is 78.8 cm³/mol. The number of halogens is 1. The van der Waals surface area contributed by atoms with Gasteiger partial charge in [0, 0.05) is 17.1 Å². The Morgan fingerprint density at radius 2 is 2.15 bits per heavy atom. The fraction of sp³-hybridized carbons (Fsp3) is 0.538. The molecule has 1 fully saturated rings. The van der Waals surface area contributed by atoms with Crippen molar-refractivity contribution in [3.63, 3.8) is 0 Å². The normalized spacial score (nSPS) is 22.6. The Balaban J connectivity index is 2.08. The molecule has 112 valence electrons. The molecule has 1 aliphatic rings. The monoisotopic (exact) mass is 363 g/mol. The van der Waals surface area contributed by atoms with E-state index in [1.807, 2.05) is 6.92 Å². The Bertz CT molecular complexity index is 570. The minimum Gasteiger partial charge on any atom is -0.392 e. The van der Waals surface area contributed by atoms with Crippen LogP contribution in [0.2, 0.25) is 0 Å². The van der Waals surface area contributed by atoms with Gasteiger partial charge in [0.2, 0.25) is 10.0 Å². The highest BCUT2D eigenvalue weighted by Crippen LogP contribution is 2.28. The van der Waals surface area contributed by atoms with Gasteiger partial charge in [0.05, 0.1) is 17.6 Å². The summed E-state index contributed by atoms with van der Waals surface area (Å²) >= 11 is 3.24. The van der Waals surface area contributed by atoms with Crippen molar-refractivity contribution in [2.45, 2.75) is 43.4 Å². The summed E-state index contributed by atoms with van der Waals surface area (Å²) in [4.78, 5) is 0.156. The van der Waals surface area contributed by atoms with Crippen molar-refractivity contribution in [2.75, 3.05) is 6.61 Å². The van der Waals surface area contributed by atoms with E-state index in [1.165, 1.54) is 6.07 Å². The van der Waals surface area contributed by atoms with Crippen molar-refractivity contribution >= 4 is 26.0 Å². The maximum absolute atomic E-state index is 12.3. The van der Waals surface area contributed by atoms with Crippen molar-refractivity contribution in [2.24, 2.45) is 0 Å². The lowest BCUT2D eigenvalue weighted by atomic mass is 9.90. The van der Waals surface area contributed by atoms with E-state index in [1.54, 1.807) is 12.1 Å². The Kier molecular flexibility index (Phi) is 5.19. The molecule has 0 aromatic heterocycles. The standard InChI is InChI=1S/C13H18BrNO4S/c1-2-19-11-6-10(7-11)15-20(17,18)13-5-9(8-16)3-4-12(13)14/h3-5,10-11,15-16H,2,6-8H2,1H3. The quantitative estimate of drug-likeness (QED) is 0.807. The first kappa shape index (κ1) is 15.9. The molecule has 2 rings (SSSR count). The summed E-state index contributed by atoms with van der Waals surface area (Å²) in [6.45, 7) is 2.38. The Labute approximate surface area is 127 Å². The van der Waals surface area contributed by atoms with Crippen LogP contribution in [-0.2, 0) is 21.4 Å². The van der Waals surface area contributed by atoms with E-state index in [2.05, 4.69) is 20.7 Å². The number of rotatable bonds is 6. The van der Waals surface area contributed by atoms with Gasteiger partial charge < -0.3 is 9.84 Å². The number of ether oxygens (including phenoxy) is 1. The van der Waals surface area contributed by atoms with Crippen LogP contribution in [0.3, 0.4) is 0 Å². The van der Waals surface area contributed by atoms with Crippen LogP contribution >= 0.6 is 15.9 Å². The van der Waals surface area contributed by atoms with Gasteiger partial charge in [-0.3, -0.25) is 0 Å². The van der Waals surface area contributed by atoms with Crippen molar-refractivity contribution in [3.05, 3.63) is 28.2 Å².